The number of hydrogen-bond donors (Lipinski definition) is 2. The van der Waals surface area contributed by atoms with Crippen LogP contribution in [-0.4, -0.2) is 28.6 Å². The Hall–Kier alpha value is -1.14. The van der Waals surface area contributed by atoms with Gasteiger partial charge >= 0.3 is 5.97 Å². The molecule has 0 aromatic carbocycles. The number of aromatic nitrogens is 1. The van der Waals surface area contributed by atoms with Gasteiger partial charge in [0.15, 0.2) is 5.13 Å². The van der Waals surface area contributed by atoms with E-state index in [-0.39, 0.29) is 0 Å². The Bertz CT molecular complexity index is 435. The van der Waals surface area contributed by atoms with Crippen molar-refractivity contribution in [2.75, 3.05) is 11.4 Å². The van der Waals surface area contributed by atoms with E-state index in [0.717, 1.165) is 18.1 Å². The topological polar surface area (TPSA) is 79.5 Å². The first-order valence-electron chi connectivity index (χ1n) is 6.19. The van der Waals surface area contributed by atoms with Gasteiger partial charge in [-0.15, -0.1) is 11.3 Å². The molecule has 6 heteroatoms. The molecule has 100 valence electrons. The highest BCUT2D eigenvalue weighted by Crippen LogP contribution is 2.30. The van der Waals surface area contributed by atoms with Crippen molar-refractivity contribution in [2.45, 2.75) is 38.8 Å². The van der Waals surface area contributed by atoms with E-state index in [1.807, 2.05) is 0 Å². The molecule has 2 heterocycles. The lowest BCUT2D eigenvalue weighted by Crippen LogP contribution is -2.41. The Morgan fingerprint density at radius 3 is 3.00 bits per heavy atom. The highest BCUT2D eigenvalue weighted by molar-refractivity contribution is 7.13. The number of rotatable bonds is 3. The first-order valence-corrected chi connectivity index (χ1v) is 7.07. The van der Waals surface area contributed by atoms with Crippen molar-refractivity contribution in [3.63, 3.8) is 0 Å². The van der Waals surface area contributed by atoms with E-state index in [1.165, 1.54) is 17.8 Å². The molecule has 1 aromatic rings. The van der Waals surface area contributed by atoms with Gasteiger partial charge in [0.25, 0.3) is 0 Å². The fraction of sp³-hybridized carbons (Fsp3) is 0.667. The van der Waals surface area contributed by atoms with Crippen molar-refractivity contribution >= 4 is 22.4 Å². The van der Waals surface area contributed by atoms with Crippen molar-refractivity contribution in [1.29, 1.82) is 0 Å². The fourth-order valence-corrected chi connectivity index (χ4v) is 3.21. The first kappa shape index (κ1) is 13.3. The van der Waals surface area contributed by atoms with Crippen LogP contribution in [0.25, 0.3) is 0 Å². The molecule has 3 unspecified atom stereocenters. The lowest BCUT2D eigenvalue weighted by atomic mass is 9.96. The second-order valence-electron chi connectivity index (χ2n) is 5.05. The Balaban J connectivity index is 2.16. The predicted octanol–water partition coefficient (Wildman–Crippen LogP) is 1.85. The van der Waals surface area contributed by atoms with Gasteiger partial charge in [-0.2, -0.15) is 0 Å². The third kappa shape index (κ3) is 2.64. The van der Waals surface area contributed by atoms with Crippen LogP contribution < -0.4 is 10.6 Å². The molecule has 0 spiro atoms. The van der Waals surface area contributed by atoms with Crippen molar-refractivity contribution in [3.8, 4) is 0 Å². The lowest BCUT2D eigenvalue weighted by Gasteiger charge is -2.36. The van der Waals surface area contributed by atoms with Gasteiger partial charge in [-0.3, -0.25) is 4.79 Å². The SMILES string of the molecule is CC1CCC(C)N(c2nc(C(N)C(=O)O)cs2)C1. The molecule has 18 heavy (non-hydrogen) atoms. The maximum absolute atomic E-state index is 10.8. The van der Waals surface area contributed by atoms with Gasteiger partial charge in [0, 0.05) is 18.0 Å². The highest BCUT2D eigenvalue weighted by atomic mass is 32.1. The van der Waals surface area contributed by atoms with Gasteiger partial charge in [0.2, 0.25) is 0 Å². The zero-order chi connectivity index (χ0) is 13.3. The van der Waals surface area contributed by atoms with E-state index < -0.39 is 12.0 Å². The number of carboxylic acid groups (broad SMARTS) is 1. The van der Waals surface area contributed by atoms with Crippen LogP contribution in [-0.2, 0) is 4.79 Å². The molecule has 1 aliphatic rings. The maximum Gasteiger partial charge on any atom is 0.326 e. The third-order valence-corrected chi connectivity index (χ3v) is 4.35. The normalized spacial score (nSPS) is 26.1. The maximum atomic E-state index is 10.8. The molecule has 2 rings (SSSR count). The molecule has 1 aliphatic heterocycles. The van der Waals surface area contributed by atoms with E-state index in [9.17, 15) is 4.79 Å². The molecule has 0 radical (unpaired) electrons. The van der Waals surface area contributed by atoms with Crippen LogP contribution in [0, 0.1) is 5.92 Å². The predicted molar refractivity (Wildman–Crippen MR) is 71.9 cm³/mol. The summed E-state index contributed by atoms with van der Waals surface area (Å²) >= 11 is 1.48. The minimum atomic E-state index is -1.04. The molecule has 5 nitrogen and oxygen atoms in total. The molecule has 1 aromatic heterocycles. The van der Waals surface area contributed by atoms with Crippen LogP contribution in [0.3, 0.4) is 0 Å². The highest BCUT2D eigenvalue weighted by Gasteiger charge is 2.26. The molecule has 0 aliphatic carbocycles. The zero-order valence-corrected chi connectivity index (χ0v) is 11.5. The Kier molecular flexibility index (Phi) is 3.87. The summed E-state index contributed by atoms with van der Waals surface area (Å²) < 4.78 is 0. The van der Waals surface area contributed by atoms with E-state index in [1.54, 1.807) is 5.38 Å². The number of nitrogens with zero attached hydrogens (tertiary/aromatic N) is 2. The monoisotopic (exact) mass is 269 g/mol. The molecule has 1 saturated heterocycles. The second kappa shape index (κ2) is 5.24. The summed E-state index contributed by atoms with van der Waals surface area (Å²) in [5, 5.41) is 11.5. The summed E-state index contributed by atoms with van der Waals surface area (Å²) in [6.45, 7) is 5.40. The largest absolute Gasteiger partial charge is 0.480 e. The average Bonchev–Trinajstić information content (AvgIpc) is 2.80. The van der Waals surface area contributed by atoms with E-state index in [4.69, 9.17) is 10.8 Å². The van der Waals surface area contributed by atoms with Gasteiger partial charge in [-0.05, 0) is 25.7 Å². The first-order chi connectivity index (χ1) is 8.49. The summed E-state index contributed by atoms with van der Waals surface area (Å²) in [4.78, 5) is 17.5. The van der Waals surface area contributed by atoms with Crippen LogP contribution in [0.2, 0.25) is 0 Å². The molecule has 0 saturated carbocycles. The Morgan fingerprint density at radius 2 is 2.33 bits per heavy atom. The number of carboxylic acids is 1. The number of anilines is 1. The van der Waals surface area contributed by atoms with Crippen LogP contribution in [0.15, 0.2) is 5.38 Å². The smallest absolute Gasteiger partial charge is 0.326 e. The van der Waals surface area contributed by atoms with E-state index in [2.05, 4.69) is 23.7 Å². The standard InChI is InChI=1S/C12H19N3O2S/c1-7-3-4-8(2)15(5-7)12-14-9(6-18-12)10(13)11(16)17/h6-8,10H,3-5,13H2,1-2H3,(H,16,17). The molecule has 3 N–H and O–H groups in total. The minimum absolute atomic E-state index is 0.452. The Morgan fingerprint density at radius 1 is 1.61 bits per heavy atom. The fourth-order valence-electron chi connectivity index (χ4n) is 2.23. The third-order valence-electron chi connectivity index (χ3n) is 3.46. The van der Waals surface area contributed by atoms with Crippen LogP contribution >= 0.6 is 11.3 Å². The Labute approximate surface area is 111 Å². The number of carbonyl (C=O) groups is 1. The van der Waals surface area contributed by atoms with Crippen molar-refractivity contribution in [3.05, 3.63) is 11.1 Å². The molecular weight excluding hydrogens is 250 g/mol. The molecule has 3 atom stereocenters. The second-order valence-corrected chi connectivity index (χ2v) is 5.89. The zero-order valence-electron chi connectivity index (χ0n) is 10.7. The van der Waals surface area contributed by atoms with E-state index in [0.29, 0.717) is 17.7 Å². The molecular formula is C12H19N3O2S. The summed E-state index contributed by atoms with van der Waals surface area (Å²) in [6.07, 6.45) is 2.39. The summed E-state index contributed by atoms with van der Waals surface area (Å²) in [6, 6.07) is -0.561. The van der Waals surface area contributed by atoms with Crippen LogP contribution in [0.4, 0.5) is 5.13 Å². The summed E-state index contributed by atoms with van der Waals surface area (Å²) in [5.41, 5.74) is 6.02. The molecule has 0 bridgehead atoms. The number of piperidine rings is 1. The average molecular weight is 269 g/mol. The van der Waals surface area contributed by atoms with Crippen molar-refractivity contribution in [1.82, 2.24) is 4.98 Å². The number of hydrogen-bond acceptors (Lipinski definition) is 5. The number of nitrogens with two attached hydrogens (primary N) is 1. The van der Waals surface area contributed by atoms with Crippen molar-refractivity contribution in [2.24, 2.45) is 11.7 Å². The summed E-state index contributed by atoms with van der Waals surface area (Å²) in [7, 11) is 0. The van der Waals surface area contributed by atoms with Gasteiger partial charge in [-0.25, -0.2) is 4.98 Å². The van der Waals surface area contributed by atoms with Gasteiger partial charge in [0.05, 0.1) is 5.69 Å². The molecule has 1 fully saturated rings. The number of thiazole rings is 1. The van der Waals surface area contributed by atoms with Gasteiger partial charge in [-0.1, -0.05) is 6.92 Å². The summed E-state index contributed by atoms with van der Waals surface area (Å²) in [5.74, 6) is -0.381. The van der Waals surface area contributed by atoms with Gasteiger partial charge < -0.3 is 15.7 Å². The van der Waals surface area contributed by atoms with E-state index >= 15 is 0 Å². The number of aliphatic carboxylic acids is 1. The quantitative estimate of drug-likeness (QED) is 0.875. The lowest BCUT2D eigenvalue weighted by molar-refractivity contribution is -0.138. The van der Waals surface area contributed by atoms with Gasteiger partial charge in [0.1, 0.15) is 6.04 Å². The van der Waals surface area contributed by atoms with Crippen molar-refractivity contribution < 1.29 is 9.90 Å². The van der Waals surface area contributed by atoms with Crippen LogP contribution in [0.1, 0.15) is 38.4 Å². The van der Waals surface area contributed by atoms with Crippen LogP contribution in [0.5, 0.6) is 0 Å². The molecule has 0 amide bonds. The minimum Gasteiger partial charge on any atom is -0.480 e.